The number of nitrogens with zero attached hydrogens (tertiary/aromatic N) is 1. The molecule has 0 aliphatic heterocycles. The van der Waals surface area contributed by atoms with E-state index in [1.165, 1.54) is 0 Å². The topological polar surface area (TPSA) is 87.4 Å². The summed E-state index contributed by atoms with van der Waals surface area (Å²) in [5.74, 6) is -3.94. The number of carbonyl (C=O) groups excluding carboxylic acids is 1. The van der Waals surface area contributed by atoms with Crippen molar-refractivity contribution in [1.82, 2.24) is 0 Å². The summed E-state index contributed by atoms with van der Waals surface area (Å²) in [6, 6.07) is 1.65. The van der Waals surface area contributed by atoms with E-state index in [-0.39, 0.29) is 12.8 Å². The van der Waals surface area contributed by atoms with E-state index in [4.69, 9.17) is 10.4 Å². The number of rotatable bonds is 7. The number of carboxylic acid groups (broad SMARTS) is 1. The summed E-state index contributed by atoms with van der Waals surface area (Å²) in [5.41, 5.74) is 0. The molecule has 0 rings (SSSR count). The van der Waals surface area contributed by atoms with Crippen molar-refractivity contribution in [3.63, 3.8) is 0 Å². The highest BCUT2D eigenvalue weighted by Gasteiger charge is 2.30. The van der Waals surface area contributed by atoms with Gasteiger partial charge >= 0.3 is 12.1 Å². The van der Waals surface area contributed by atoms with Gasteiger partial charge in [-0.15, -0.1) is 0 Å². The molecule has 1 unspecified atom stereocenters. The first-order chi connectivity index (χ1) is 7.78. The van der Waals surface area contributed by atoms with E-state index in [0.717, 1.165) is 0 Å². The van der Waals surface area contributed by atoms with Crippen molar-refractivity contribution in [3.05, 3.63) is 0 Å². The number of carbonyl (C=O) groups is 2. The summed E-state index contributed by atoms with van der Waals surface area (Å²) < 4.78 is 39.1. The standard InChI is InChI=1S/C9H10F3NO4/c10-9(11,12)5-17-4-7(14)6(8(15)16)2-1-3-13/h6H,1-2,4-5H2,(H,15,16). The number of ether oxygens (including phenoxy) is 1. The molecule has 0 fully saturated rings. The van der Waals surface area contributed by atoms with Crippen LogP contribution in [0.5, 0.6) is 0 Å². The fraction of sp³-hybridized carbons (Fsp3) is 0.667. The summed E-state index contributed by atoms with van der Waals surface area (Å²) in [6.07, 6.45) is -4.96. The SMILES string of the molecule is N#CCCC(C(=O)O)C(=O)COCC(F)(F)F. The Morgan fingerprint density at radius 1 is 1.41 bits per heavy atom. The minimum atomic E-state index is -4.56. The van der Waals surface area contributed by atoms with Gasteiger partial charge in [-0.2, -0.15) is 18.4 Å². The molecule has 17 heavy (non-hydrogen) atoms. The molecule has 5 nitrogen and oxygen atoms in total. The van der Waals surface area contributed by atoms with Crippen molar-refractivity contribution in [1.29, 1.82) is 5.26 Å². The van der Waals surface area contributed by atoms with Gasteiger partial charge in [-0.25, -0.2) is 0 Å². The molecule has 0 spiro atoms. The molecule has 8 heteroatoms. The van der Waals surface area contributed by atoms with E-state index in [2.05, 4.69) is 4.74 Å². The largest absolute Gasteiger partial charge is 0.481 e. The Hall–Kier alpha value is -1.62. The summed E-state index contributed by atoms with van der Waals surface area (Å²) in [6.45, 7) is -2.54. The molecule has 0 aliphatic carbocycles. The van der Waals surface area contributed by atoms with Crippen LogP contribution >= 0.6 is 0 Å². The van der Waals surface area contributed by atoms with E-state index >= 15 is 0 Å². The van der Waals surface area contributed by atoms with Crippen molar-refractivity contribution in [2.75, 3.05) is 13.2 Å². The third-order valence-corrected chi connectivity index (χ3v) is 1.74. The Kier molecular flexibility index (Phi) is 6.20. The highest BCUT2D eigenvalue weighted by Crippen LogP contribution is 2.15. The molecule has 0 amide bonds. The lowest BCUT2D eigenvalue weighted by molar-refractivity contribution is -0.176. The van der Waals surface area contributed by atoms with Gasteiger partial charge in [0.15, 0.2) is 5.78 Å². The van der Waals surface area contributed by atoms with Crippen molar-refractivity contribution >= 4 is 11.8 Å². The first-order valence-corrected chi connectivity index (χ1v) is 4.55. The van der Waals surface area contributed by atoms with E-state index in [1.807, 2.05) is 0 Å². The molecule has 0 aromatic heterocycles. The maximum absolute atomic E-state index is 11.7. The molecule has 0 aromatic carbocycles. The van der Waals surface area contributed by atoms with Gasteiger partial charge in [0.1, 0.15) is 19.1 Å². The van der Waals surface area contributed by atoms with Crippen molar-refractivity contribution < 1.29 is 32.6 Å². The smallest absolute Gasteiger partial charge is 0.411 e. The average Bonchev–Trinajstić information content (AvgIpc) is 2.15. The number of carboxylic acids is 1. The predicted molar refractivity (Wildman–Crippen MR) is 47.9 cm³/mol. The van der Waals surface area contributed by atoms with Crippen LogP contribution in [0.15, 0.2) is 0 Å². The van der Waals surface area contributed by atoms with Gasteiger partial charge in [-0.3, -0.25) is 9.59 Å². The molecular formula is C9H10F3NO4. The number of alkyl halides is 3. The third-order valence-electron chi connectivity index (χ3n) is 1.74. The first-order valence-electron chi connectivity index (χ1n) is 4.55. The van der Waals surface area contributed by atoms with Gasteiger partial charge < -0.3 is 9.84 Å². The zero-order chi connectivity index (χ0) is 13.5. The van der Waals surface area contributed by atoms with Gasteiger partial charge in [0.2, 0.25) is 0 Å². The van der Waals surface area contributed by atoms with Gasteiger partial charge in [-0.1, -0.05) is 0 Å². The number of aliphatic carboxylic acids is 1. The molecule has 0 saturated heterocycles. The zero-order valence-corrected chi connectivity index (χ0v) is 8.66. The second kappa shape index (κ2) is 6.85. The fourth-order valence-corrected chi connectivity index (χ4v) is 0.999. The Morgan fingerprint density at radius 2 is 2.00 bits per heavy atom. The zero-order valence-electron chi connectivity index (χ0n) is 8.66. The maximum atomic E-state index is 11.7. The van der Waals surface area contributed by atoms with Crippen LogP contribution in [-0.2, 0) is 14.3 Å². The molecule has 0 saturated carbocycles. The molecule has 1 N–H and O–H groups in total. The van der Waals surface area contributed by atoms with Crippen LogP contribution < -0.4 is 0 Å². The molecule has 0 heterocycles. The molecule has 0 radical (unpaired) electrons. The van der Waals surface area contributed by atoms with Crippen LogP contribution in [0.3, 0.4) is 0 Å². The summed E-state index contributed by atoms with van der Waals surface area (Å²) in [7, 11) is 0. The number of hydrogen-bond donors (Lipinski definition) is 1. The van der Waals surface area contributed by atoms with E-state index in [0.29, 0.717) is 0 Å². The average molecular weight is 253 g/mol. The van der Waals surface area contributed by atoms with Gasteiger partial charge in [0.25, 0.3) is 0 Å². The first kappa shape index (κ1) is 15.4. The molecule has 0 aromatic rings. The van der Waals surface area contributed by atoms with Crippen LogP contribution in [0.2, 0.25) is 0 Å². The van der Waals surface area contributed by atoms with Crippen molar-refractivity contribution in [3.8, 4) is 6.07 Å². The minimum absolute atomic E-state index is 0.165. The number of hydrogen-bond acceptors (Lipinski definition) is 4. The Bertz CT molecular complexity index is 321. The Labute approximate surface area is 94.8 Å². The Balaban J connectivity index is 4.16. The monoisotopic (exact) mass is 253 g/mol. The van der Waals surface area contributed by atoms with Gasteiger partial charge in [-0.05, 0) is 6.42 Å². The van der Waals surface area contributed by atoms with Crippen LogP contribution in [0, 0.1) is 17.2 Å². The molecule has 1 atom stereocenters. The van der Waals surface area contributed by atoms with Crippen molar-refractivity contribution in [2.45, 2.75) is 19.0 Å². The molecule has 0 aliphatic rings. The van der Waals surface area contributed by atoms with E-state index < -0.39 is 37.1 Å². The maximum Gasteiger partial charge on any atom is 0.411 e. The van der Waals surface area contributed by atoms with Crippen LogP contribution in [0.1, 0.15) is 12.8 Å². The summed E-state index contributed by atoms with van der Waals surface area (Å²) in [5, 5.41) is 16.8. The van der Waals surface area contributed by atoms with E-state index in [9.17, 15) is 22.8 Å². The third kappa shape index (κ3) is 7.30. The van der Waals surface area contributed by atoms with E-state index in [1.54, 1.807) is 6.07 Å². The Morgan fingerprint density at radius 3 is 2.41 bits per heavy atom. The van der Waals surface area contributed by atoms with Gasteiger partial charge in [0.05, 0.1) is 6.07 Å². The quantitative estimate of drug-likeness (QED) is 0.687. The molecular weight excluding hydrogens is 243 g/mol. The second-order valence-corrected chi connectivity index (χ2v) is 3.16. The fourth-order valence-electron chi connectivity index (χ4n) is 0.999. The minimum Gasteiger partial charge on any atom is -0.481 e. The highest BCUT2D eigenvalue weighted by atomic mass is 19.4. The summed E-state index contributed by atoms with van der Waals surface area (Å²) in [4.78, 5) is 21.8. The second-order valence-electron chi connectivity index (χ2n) is 3.16. The number of Topliss-reactive ketones (excluding diaryl/α,β-unsaturated/α-hetero) is 1. The summed E-state index contributed by atoms with van der Waals surface area (Å²) >= 11 is 0. The lowest BCUT2D eigenvalue weighted by Gasteiger charge is -2.10. The number of halogens is 3. The number of nitriles is 1. The molecule has 0 bridgehead atoms. The highest BCUT2D eigenvalue weighted by molar-refractivity contribution is 5.98. The van der Waals surface area contributed by atoms with Crippen molar-refractivity contribution in [2.24, 2.45) is 5.92 Å². The normalized spacial score (nSPS) is 12.8. The molecule has 96 valence electrons. The lowest BCUT2D eigenvalue weighted by atomic mass is 9.99. The predicted octanol–water partition coefficient (Wildman–Crippen LogP) is 1.14. The van der Waals surface area contributed by atoms with Gasteiger partial charge in [0, 0.05) is 6.42 Å². The lowest BCUT2D eigenvalue weighted by Crippen LogP contribution is -2.29. The van der Waals surface area contributed by atoms with Crippen LogP contribution in [0.4, 0.5) is 13.2 Å². The number of ketones is 1. The van der Waals surface area contributed by atoms with Crippen LogP contribution in [-0.4, -0.2) is 36.2 Å². The van der Waals surface area contributed by atoms with Crippen LogP contribution in [0.25, 0.3) is 0 Å².